The predicted molar refractivity (Wildman–Crippen MR) is 82.1 cm³/mol. The molecule has 0 fully saturated rings. The van der Waals surface area contributed by atoms with Crippen molar-refractivity contribution in [2.75, 3.05) is 5.32 Å². The molecule has 0 aromatic heterocycles. The van der Waals surface area contributed by atoms with Crippen LogP contribution >= 0.6 is 15.9 Å². The third-order valence-electron chi connectivity index (χ3n) is 3.04. The van der Waals surface area contributed by atoms with Gasteiger partial charge in [-0.1, -0.05) is 35.9 Å². The van der Waals surface area contributed by atoms with Crippen molar-refractivity contribution in [1.29, 1.82) is 0 Å². The highest BCUT2D eigenvalue weighted by molar-refractivity contribution is 9.10. The molecule has 1 unspecified atom stereocenters. The van der Waals surface area contributed by atoms with Crippen LogP contribution < -0.4 is 5.32 Å². The molecule has 2 rings (SSSR count). The Morgan fingerprint density at radius 3 is 2.44 bits per heavy atom. The van der Waals surface area contributed by atoms with Gasteiger partial charge in [-0.05, 0) is 60.0 Å². The summed E-state index contributed by atoms with van der Waals surface area (Å²) in [6, 6.07) is 15.3. The summed E-state index contributed by atoms with van der Waals surface area (Å²) in [7, 11) is 0. The summed E-state index contributed by atoms with van der Waals surface area (Å²) in [5.41, 5.74) is 5.01. The van der Waals surface area contributed by atoms with E-state index in [2.05, 4.69) is 84.5 Å². The van der Waals surface area contributed by atoms with E-state index in [0.717, 1.165) is 10.2 Å². The lowest BCUT2D eigenvalue weighted by Gasteiger charge is -2.17. The Morgan fingerprint density at radius 2 is 1.72 bits per heavy atom. The molecule has 0 aliphatic carbocycles. The van der Waals surface area contributed by atoms with Crippen LogP contribution in [0.3, 0.4) is 0 Å². The Kier molecular flexibility index (Phi) is 4.07. The molecule has 2 aromatic carbocycles. The van der Waals surface area contributed by atoms with Gasteiger partial charge in [-0.15, -0.1) is 0 Å². The minimum atomic E-state index is 0.294. The van der Waals surface area contributed by atoms with Gasteiger partial charge in [0.2, 0.25) is 0 Å². The molecule has 94 valence electrons. The third-order valence-corrected chi connectivity index (χ3v) is 3.73. The van der Waals surface area contributed by atoms with Gasteiger partial charge in [-0.3, -0.25) is 0 Å². The number of aryl methyl sites for hydroxylation is 2. The van der Waals surface area contributed by atoms with Gasteiger partial charge in [0, 0.05) is 16.2 Å². The first-order valence-corrected chi connectivity index (χ1v) is 6.95. The van der Waals surface area contributed by atoms with E-state index in [0.29, 0.717) is 6.04 Å². The van der Waals surface area contributed by atoms with E-state index in [9.17, 15) is 0 Å². The first-order chi connectivity index (χ1) is 8.56. The molecule has 1 atom stereocenters. The van der Waals surface area contributed by atoms with Gasteiger partial charge in [-0.2, -0.15) is 0 Å². The Morgan fingerprint density at radius 1 is 1.00 bits per heavy atom. The van der Waals surface area contributed by atoms with Crippen molar-refractivity contribution in [2.24, 2.45) is 0 Å². The number of halogens is 1. The summed E-state index contributed by atoms with van der Waals surface area (Å²) in [5, 5.41) is 3.55. The zero-order valence-corrected chi connectivity index (χ0v) is 12.6. The molecule has 0 bridgehead atoms. The molecule has 2 aromatic rings. The highest BCUT2D eigenvalue weighted by Gasteiger charge is 2.07. The molecule has 0 spiro atoms. The smallest absolute Gasteiger partial charge is 0.0491 e. The molecule has 2 heteroatoms. The Bertz CT molecular complexity index is 549. The molecule has 0 heterocycles. The van der Waals surface area contributed by atoms with Crippen LogP contribution in [0, 0.1) is 13.8 Å². The lowest BCUT2D eigenvalue weighted by atomic mass is 10.1. The molecular weight excluding hydrogens is 286 g/mol. The molecule has 0 aliphatic heterocycles. The van der Waals surface area contributed by atoms with Gasteiger partial charge in [-0.25, -0.2) is 0 Å². The fourth-order valence-electron chi connectivity index (χ4n) is 2.01. The summed E-state index contributed by atoms with van der Waals surface area (Å²) in [4.78, 5) is 0. The zero-order chi connectivity index (χ0) is 13.1. The summed E-state index contributed by atoms with van der Waals surface area (Å²) in [5.74, 6) is 0. The lowest BCUT2D eigenvalue weighted by Crippen LogP contribution is -2.07. The van der Waals surface area contributed by atoms with Crippen LogP contribution in [0.15, 0.2) is 46.9 Å². The second-order valence-corrected chi connectivity index (χ2v) is 5.62. The standard InChI is InChI=1S/C16H18BrN/c1-11-5-4-6-14(9-11)13(3)18-16-10-12(2)7-8-15(16)17/h4-10,13,18H,1-3H3. The van der Waals surface area contributed by atoms with Gasteiger partial charge >= 0.3 is 0 Å². The molecule has 0 aliphatic rings. The summed E-state index contributed by atoms with van der Waals surface area (Å²) < 4.78 is 1.10. The minimum Gasteiger partial charge on any atom is -0.378 e. The van der Waals surface area contributed by atoms with Gasteiger partial charge in [0.1, 0.15) is 0 Å². The minimum absolute atomic E-state index is 0.294. The fourth-order valence-corrected chi connectivity index (χ4v) is 2.37. The van der Waals surface area contributed by atoms with Gasteiger partial charge < -0.3 is 5.32 Å². The highest BCUT2D eigenvalue weighted by Crippen LogP contribution is 2.27. The van der Waals surface area contributed by atoms with Gasteiger partial charge in [0.05, 0.1) is 0 Å². The molecule has 0 amide bonds. The van der Waals surface area contributed by atoms with E-state index >= 15 is 0 Å². The van der Waals surface area contributed by atoms with Crippen LogP contribution in [0.25, 0.3) is 0 Å². The summed E-state index contributed by atoms with van der Waals surface area (Å²) in [6.45, 7) is 6.41. The molecule has 1 N–H and O–H groups in total. The van der Waals surface area contributed by atoms with Crippen LogP contribution in [0.1, 0.15) is 29.7 Å². The fraction of sp³-hybridized carbons (Fsp3) is 0.250. The number of anilines is 1. The quantitative estimate of drug-likeness (QED) is 0.817. The Balaban J connectivity index is 2.21. The normalized spacial score (nSPS) is 12.2. The van der Waals surface area contributed by atoms with Crippen molar-refractivity contribution in [3.8, 4) is 0 Å². The topological polar surface area (TPSA) is 12.0 Å². The van der Waals surface area contributed by atoms with Crippen LogP contribution in [-0.2, 0) is 0 Å². The van der Waals surface area contributed by atoms with E-state index in [1.54, 1.807) is 0 Å². The molecular formula is C16H18BrN. The van der Waals surface area contributed by atoms with Gasteiger partial charge in [0.25, 0.3) is 0 Å². The van der Waals surface area contributed by atoms with Crippen LogP contribution in [0.4, 0.5) is 5.69 Å². The van der Waals surface area contributed by atoms with E-state index in [1.807, 2.05) is 0 Å². The van der Waals surface area contributed by atoms with Crippen molar-refractivity contribution >= 4 is 21.6 Å². The van der Waals surface area contributed by atoms with Gasteiger partial charge in [0.15, 0.2) is 0 Å². The number of hydrogen-bond donors (Lipinski definition) is 1. The highest BCUT2D eigenvalue weighted by atomic mass is 79.9. The zero-order valence-electron chi connectivity index (χ0n) is 11.0. The number of nitrogens with one attached hydrogen (secondary N) is 1. The third kappa shape index (κ3) is 3.14. The predicted octanol–water partition coefficient (Wildman–Crippen LogP) is 5.24. The SMILES string of the molecule is Cc1cccc(C(C)Nc2cc(C)ccc2Br)c1. The summed E-state index contributed by atoms with van der Waals surface area (Å²) in [6.07, 6.45) is 0. The van der Waals surface area contributed by atoms with Crippen molar-refractivity contribution in [3.63, 3.8) is 0 Å². The maximum absolute atomic E-state index is 3.58. The average Bonchev–Trinajstić information content (AvgIpc) is 2.34. The maximum Gasteiger partial charge on any atom is 0.0491 e. The monoisotopic (exact) mass is 303 g/mol. The largest absolute Gasteiger partial charge is 0.378 e. The first-order valence-electron chi connectivity index (χ1n) is 6.15. The molecule has 0 saturated carbocycles. The van der Waals surface area contributed by atoms with Crippen molar-refractivity contribution in [2.45, 2.75) is 26.8 Å². The average molecular weight is 304 g/mol. The maximum atomic E-state index is 3.58. The molecule has 0 radical (unpaired) electrons. The Hall–Kier alpha value is -1.28. The molecule has 18 heavy (non-hydrogen) atoms. The van der Waals surface area contributed by atoms with Crippen LogP contribution in [0.5, 0.6) is 0 Å². The van der Waals surface area contributed by atoms with Crippen molar-refractivity contribution in [1.82, 2.24) is 0 Å². The van der Waals surface area contributed by atoms with E-state index in [1.165, 1.54) is 16.7 Å². The number of benzene rings is 2. The van der Waals surface area contributed by atoms with Crippen molar-refractivity contribution < 1.29 is 0 Å². The van der Waals surface area contributed by atoms with E-state index in [-0.39, 0.29) is 0 Å². The Labute approximate surface area is 117 Å². The molecule has 1 nitrogen and oxygen atoms in total. The van der Waals surface area contributed by atoms with Crippen LogP contribution in [-0.4, -0.2) is 0 Å². The first kappa shape index (κ1) is 13.2. The van der Waals surface area contributed by atoms with E-state index in [4.69, 9.17) is 0 Å². The van der Waals surface area contributed by atoms with E-state index < -0.39 is 0 Å². The van der Waals surface area contributed by atoms with Crippen molar-refractivity contribution in [3.05, 3.63) is 63.6 Å². The second kappa shape index (κ2) is 5.57. The summed E-state index contributed by atoms with van der Waals surface area (Å²) >= 11 is 3.58. The lowest BCUT2D eigenvalue weighted by molar-refractivity contribution is 0.881. The molecule has 0 saturated heterocycles. The van der Waals surface area contributed by atoms with Crippen LogP contribution in [0.2, 0.25) is 0 Å². The number of rotatable bonds is 3. The number of hydrogen-bond acceptors (Lipinski definition) is 1. The second-order valence-electron chi connectivity index (χ2n) is 4.76.